The molecule has 2 aromatic carbocycles. The first-order valence-corrected chi connectivity index (χ1v) is 10.9. The molecule has 0 saturated carbocycles. The van der Waals surface area contributed by atoms with Crippen molar-refractivity contribution in [3.8, 4) is 0 Å². The van der Waals surface area contributed by atoms with Gasteiger partial charge in [0, 0.05) is 0 Å². The molecule has 8 heteroatoms. The van der Waals surface area contributed by atoms with Gasteiger partial charge >= 0.3 is 0 Å². The summed E-state index contributed by atoms with van der Waals surface area (Å²) >= 11 is 13.6. The molecule has 2 heterocycles. The number of hydrogen-bond acceptors (Lipinski definition) is 5. The van der Waals surface area contributed by atoms with Gasteiger partial charge in [0.1, 0.15) is 5.76 Å². The van der Waals surface area contributed by atoms with Crippen LogP contribution in [-0.4, -0.2) is 22.2 Å². The second kappa shape index (κ2) is 9.56. The van der Waals surface area contributed by atoms with Crippen LogP contribution >= 0.6 is 35.0 Å². The minimum atomic E-state index is -0.206. The zero-order valence-electron chi connectivity index (χ0n) is 16.5. The summed E-state index contributed by atoms with van der Waals surface area (Å²) in [5.74, 6) is 0.439. The fourth-order valence-corrected chi connectivity index (χ4v) is 4.21. The normalized spacial score (nSPS) is 16.9. The molecule has 1 aliphatic heterocycles. The lowest BCUT2D eigenvalue weighted by molar-refractivity contribution is -0.122. The van der Waals surface area contributed by atoms with Gasteiger partial charge in [-0.25, -0.2) is 0 Å². The summed E-state index contributed by atoms with van der Waals surface area (Å²) < 4.78 is 5.42. The molecule has 0 aliphatic carbocycles. The van der Waals surface area contributed by atoms with Crippen LogP contribution in [0.2, 0.25) is 10.0 Å². The van der Waals surface area contributed by atoms with Crippen molar-refractivity contribution in [2.75, 3.05) is 0 Å². The maximum absolute atomic E-state index is 13.1. The number of halogens is 2. The molecule has 1 saturated heterocycles. The van der Waals surface area contributed by atoms with Crippen LogP contribution < -0.4 is 0 Å². The SMILES string of the molecule is Cc1ccccc1/C=N/N=C1\S/C(=C\c2cccc(Cl)c2Cl)C(=O)N1Cc1ccco1. The van der Waals surface area contributed by atoms with Gasteiger partial charge in [-0.2, -0.15) is 5.10 Å². The molecule has 1 aromatic heterocycles. The Morgan fingerprint density at radius 1 is 1.06 bits per heavy atom. The van der Waals surface area contributed by atoms with Crippen molar-refractivity contribution in [1.29, 1.82) is 0 Å². The first-order chi connectivity index (χ1) is 15.0. The van der Waals surface area contributed by atoms with E-state index in [9.17, 15) is 4.79 Å². The third kappa shape index (κ3) is 4.93. The largest absolute Gasteiger partial charge is 0.467 e. The third-order valence-electron chi connectivity index (χ3n) is 4.58. The molecular formula is C23H17Cl2N3O2S. The summed E-state index contributed by atoms with van der Waals surface area (Å²) in [6, 6.07) is 16.7. The zero-order valence-corrected chi connectivity index (χ0v) is 18.8. The van der Waals surface area contributed by atoms with Crippen LogP contribution in [0.3, 0.4) is 0 Å². The van der Waals surface area contributed by atoms with E-state index in [0.29, 0.717) is 31.4 Å². The van der Waals surface area contributed by atoms with Crippen LogP contribution in [0.25, 0.3) is 6.08 Å². The van der Waals surface area contributed by atoms with Gasteiger partial charge in [-0.05, 0) is 59.7 Å². The average molecular weight is 470 g/mol. The van der Waals surface area contributed by atoms with Crippen molar-refractivity contribution in [2.45, 2.75) is 13.5 Å². The van der Waals surface area contributed by atoms with E-state index in [0.717, 1.165) is 11.1 Å². The van der Waals surface area contributed by atoms with E-state index in [1.165, 1.54) is 16.7 Å². The molecule has 1 amide bonds. The van der Waals surface area contributed by atoms with Gasteiger partial charge in [0.15, 0.2) is 5.17 Å². The number of amides is 1. The lowest BCUT2D eigenvalue weighted by Crippen LogP contribution is -2.28. The Morgan fingerprint density at radius 3 is 2.65 bits per heavy atom. The Hall–Kier alpha value is -2.80. The van der Waals surface area contributed by atoms with Gasteiger partial charge in [-0.3, -0.25) is 9.69 Å². The number of thioether (sulfide) groups is 1. The quantitative estimate of drug-likeness (QED) is 0.246. The molecule has 1 aliphatic rings. The number of benzene rings is 2. The predicted molar refractivity (Wildman–Crippen MR) is 127 cm³/mol. The first kappa shape index (κ1) is 21.4. The van der Waals surface area contributed by atoms with Crippen LogP contribution in [-0.2, 0) is 11.3 Å². The number of furan rings is 1. The van der Waals surface area contributed by atoms with Crippen molar-refractivity contribution in [3.63, 3.8) is 0 Å². The summed E-state index contributed by atoms with van der Waals surface area (Å²) in [4.78, 5) is 15.1. The molecule has 31 heavy (non-hydrogen) atoms. The highest BCUT2D eigenvalue weighted by molar-refractivity contribution is 8.18. The molecule has 156 valence electrons. The Morgan fingerprint density at radius 2 is 1.87 bits per heavy atom. The highest BCUT2D eigenvalue weighted by atomic mass is 35.5. The summed E-state index contributed by atoms with van der Waals surface area (Å²) in [7, 11) is 0. The number of hydrogen-bond donors (Lipinski definition) is 0. The van der Waals surface area contributed by atoms with Gasteiger partial charge < -0.3 is 4.42 Å². The van der Waals surface area contributed by atoms with Gasteiger partial charge in [0.05, 0.1) is 34.0 Å². The van der Waals surface area contributed by atoms with E-state index in [1.807, 2.05) is 37.3 Å². The van der Waals surface area contributed by atoms with Crippen molar-refractivity contribution in [1.82, 2.24) is 4.90 Å². The molecule has 0 atom stereocenters. The Labute approximate surface area is 194 Å². The molecular weight excluding hydrogens is 453 g/mol. The van der Waals surface area contributed by atoms with E-state index in [-0.39, 0.29) is 12.5 Å². The third-order valence-corrected chi connectivity index (χ3v) is 6.41. The fraction of sp³-hybridized carbons (Fsp3) is 0.0870. The molecule has 0 N–H and O–H groups in total. The second-order valence-electron chi connectivity index (χ2n) is 6.71. The van der Waals surface area contributed by atoms with Crippen molar-refractivity contribution >= 4 is 58.3 Å². The summed E-state index contributed by atoms with van der Waals surface area (Å²) in [6.07, 6.45) is 4.95. The second-order valence-corrected chi connectivity index (χ2v) is 8.50. The van der Waals surface area contributed by atoms with E-state index in [2.05, 4.69) is 10.2 Å². The monoisotopic (exact) mass is 469 g/mol. The molecule has 1 fully saturated rings. The Bertz CT molecular complexity index is 1200. The predicted octanol–water partition coefficient (Wildman–Crippen LogP) is 6.40. The number of amidine groups is 1. The number of aryl methyl sites for hydroxylation is 1. The molecule has 0 bridgehead atoms. The number of rotatable bonds is 5. The van der Waals surface area contributed by atoms with Gasteiger partial charge in [0.2, 0.25) is 0 Å². The van der Waals surface area contributed by atoms with Crippen molar-refractivity contribution in [3.05, 3.63) is 98.3 Å². The van der Waals surface area contributed by atoms with Crippen LogP contribution in [0, 0.1) is 6.92 Å². The van der Waals surface area contributed by atoms with Crippen LogP contribution in [0.1, 0.15) is 22.5 Å². The lowest BCUT2D eigenvalue weighted by Gasteiger charge is -2.12. The Kier molecular flexibility index (Phi) is 6.61. The number of carbonyl (C=O) groups is 1. The smallest absolute Gasteiger partial charge is 0.267 e. The molecule has 0 radical (unpaired) electrons. The molecule has 0 unspecified atom stereocenters. The summed E-state index contributed by atoms with van der Waals surface area (Å²) in [6.45, 7) is 2.25. The van der Waals surface area contributed by atoms with Crippen molar-refractivity contribution in [2.24, 2.45) is 10.2 Å². The lowest BCUT2D eigenvalue weighted by atomic mass is 10.1. The van der Waals surface area contributed by atoms with E-state index in [4.69, 9.17) is 27.6 Å². The highest BCUT2D eigenvalue weighted by Gasteiger charge is 2.34. The molecule has 3 aromatic rings. The van der Waals surface area contributed by atoms with Gasteiger partial charge in [0.25, 0.3) is 5.91 Å². The minimum absolute atomic E-state index is 0.206. The number of nitrogens with zero attached hydrogens (tertiary/aromatic N) is 3. The zero-order chi connectivity index (χ0) is 21.8. The number of carbonyl (C=O) groups excluding carboxylic acids is 1. The van der Waals surface area contributed by atoms with Gasteiger partial charge in [-0.1, -0.05) is 59.6 Å². The maximum Gasteiger partial charge on any atom is 0.267 e. The van der Waals surface area contributed by atoms with Gasteiger partial charge in [-0.15, -0.1) is 5.10 Å². The standard InChI is InChI=1S/C23H17Cl2N3O2S/c1-15-6-2-3-7-17(15)13-26-27-23-28(14-18-9-5-11-30-18)22(29)20(31-23)12-16-8-4-10-19(24)21(16)25/h2-13H,14H2,1H3/b20-12-,26-13+,27-23-. The fourth-order valence-electron chi connectivity index (χ4n) is 2.93. The van der Waals surface area contributed by atoms with Crippen molar-refractivity contribution < 1.29 is 9.21 Å². The minimum Gasteiger partial charge on any atom is -0.467 e. The maximum atomic E-state index is 13.1. The van der Waals surface area contributed by atoms with Crippen LogP contribution in [0.15, 0.2) is 80.4 Å². The van der Waals surface area contributed by atoms with E-state index in [1.54, 1.807) is 42.8 Å². The summed E-state index contributed by atoms with van der Waals surface area (Å²) in [5.41, 5.74) is 2.71. The van der Waals surface area contributed by atoms with E-state index >= 15 is 0 Å². The van der Waals surface area contributed by atoms with Crippen LogP contribution in [0.4, 0.5) is 0 Å². The molecule has 0 spiro atoms. The molecule has 4 rings (SSSR count). The highest BCUT2D eigenvalue weighted by Crippen LogP contribution is 2.36. The first-order valence-electron chi connectivity index (χ1n) is 9.37. The molecule has 5 nitrogen and oxygen atoms in total. The topological polar surface area (TPSA) is 58.2 Å². The van der Waals surface area contributed by atoms with Crippen LogP contribution in [0.5, 0.6) is 0 Å². The van der Waals surface area contributed by atoms with E-state index < -0.39 is 0 Å². The average Bonchev–Trinajstić information content (AvgIpc) is 3.37. The Balaban J connectivity index is 1.66. The summed E-state index contributed by atoms with van der Waals surface area (Å²) in [5, 5.41) is 9.81.